The van der Waals surface area contributed by atoms with Crippen molar-refractivity contribution in [3.8, 4) is 0 Å². The lowest BCUT2D eigenvalue weighted by Gasteiger charge is -2.12. The van der Waals surface area contributed by atoms with Gasteiger partial charge in [0.2, 0.25) is 0 Å². The Hall–Kier alpha value is -0.510. The summed E-state index contributed by atoms with van der Waals surface area (Å²) in [7, 11) is 0. The Labute approximate surface area is 89.4 Å². The number of nitrogens with one attached hydrogen (secondary N) is 1. The van der Waals surface area contributed by atoms with Gasteiger partial charge in [-0.1, -0.05) is 30.3 Å². The van der Waals surface area contributed by atoms with Crippen LogP contribution in [-0.4, -0.2) is 6.04 Å². The predicted molar refractivity (Wildman–Crippen MR) is 59.7 cm³/mol. The summed E-state index contributed by atoms with van der Waals surface area (Å²) in [6.07, 6.45) is 2.48. The van der Waals surface area contributed by atoms with Crippen LogP contribution < -0.4 is 4.72 Å². The lowest BCUT2D eigenvalue weighted by atomic mass is 10.0. The summed E-state index contributed by atoms with van der Waals surface area (Å²) in [4.78, 5) is 0. The first-order valence-electron chi connectivity index (χ1n) is 4.99. The monoisotopic (exact) mass is 209 g/mol. The summed E-state index contributed by atoms with van der Waals surface area (Å²) < 4.78 is 8.90. The van der Waals surface area contributed by atoms with Gasteiger partial charge in [-0.05, 0) is 25.3 Å². The maximum atomic E-state index is 5.66. The predicted octanol–water partition coefficient (Wildman–Crippen LogP) is 3.08. The minimum atomic E-state index is 0.235. The largest absolute Gasteiger partial charge is 0.293 e. The van der Waals surface area contributed by atoms with Crippen LogP contribution in [0, 0.1) is 0 Å². The Morgan fingerprint density at radius 1 is 1.29 bits per heavy atom. The molecular formula is C11H15NOS. The average Bonchev–Trinajstić information content (AvgIpc) is 2.44. The average molecular weight is 209 g/mol. The van der Waals surface area contributed by atoms with Crippen LogP contribution in [0.1, 0.15) is 31.4 Å². The zero-order valence-electron chi connectivity index (χ0n) is 8.27. The molecule has 0 aromatic heterocycles. The first-order valence-corrected chi connectivity index (χ1v) is 5.73. The van der Waals surface area contributed by atoms with Crippen molar-refractivity contribution in [2.75, 3.05) is 0 Å². The van der Waals surface area contributed by atoms with Crippen LogP contribution in [0.25, 0.3) is 0 Å². The molecule has 1 aromatic rings. The Kier molecular flexibility index (Phi) is 3.45. The van der Waals surface area contributed by atoms with Crippen molar-refractivity contribution in [3.05, 3.63) is 35.9 Å². The van der Waals surface area contributed by atoms with E-state index in [1.807, 2.05) is 6.07 Å². The first kappa shape index (κ1) is 10.0. The molecule has 1 aromatic carbocycles. The van der Waals surface area contributed by atoms with Gasteiger partial charge >= 0.3 is 0 Å². The lowest BCUT2D eigenvalue weighted by Crippen LogP contribution is -2.16. The molecule has 3 heteroatoms. The molecule has 1 aliphatic rings. The van der Waals surface area contributed by atoms with Gasteiger partial charge < -0.3 is 0 Å². The van der Waals surface area contributed by atoms with E-state index in [2.05, 4.69) is 35.9 Å². The highest BCUT2D eigenvalue weighted by Crippen LogP contribution is 2.29. The molecule has 1 N–H and O–H groups in total. The zero-order chi connectivity index (χ0) is 9.80. The van der Waals surface area contributed by atoms with Gasteiger partial charge in [-0.25, -0.2) is 4.72 Å². The fraction of sp³-hybridized carbons (Fsp3) is 0.455. The van der Waals surface area contributed by atoms with E-state index in [4.69, 9.17) is 4.18 Å². The molecule has 0 spiro atoms. The van der Waals surface area contributed by atoms with Crippen molar-refractivity contribution in [1.82, 2.24) is 4.72 Å². The minimum absolute atomic E-state index is 0.235. The first-order chi connectivity index (χ1) is 6.86. The SMILES string of the molecule is CC1CCC(c2ccccc2)OSN1. The number of hydrogen-bond donors (Lipinski definition) is 1. The standard InChI is InChI=1S/C11H15NOS/c1-9-7-8-11(13-14-12-9)10-5-3-2-4-6-10/h2-6,9,11-12H,7-8H2,1H3. The van der Waals surface area contributed by atoms with Crippen LogP contribution in [-0.2, 0) is 4.18 Å². The van der Waals surface area contributed by atoms with Gasteiger partial charge in [-0.15, -0.1) is 0 Å². The minimum Gasteiger partial charge on any atom is -0.293 e. The van der Waals surface area contributed by atoms with Crippen LogP contribution in [0.15, 0.2) is 30.3 Å². The van der Waals surface area contributed by atoms with Gasteiger partial charge in [-0.2, -0.15) is 0 Å². The Morgan fingerprint density at radius 2 is 2.07 bits per heavy atom. The van der Waals surface area contributed by atoms with Crippen molar-refractivity contribution in [2.24, 2.45) is 0 Å². The fourth-order valence-corrected chi connectivity index (χ4v) is 2.23. The third-order valence-corrected chi connectivity index (χ3v) is 3.27. The molecule has 0 saturated carbocycles. The van der Waals surface area contributed by atoms with E-state index in [0.29, 0.717) is 6.04 Å². The quantitative estimate of drug-likeness (QED) is 0.567. The van der Waals surface area contributed by atoms with Gasteiger partial charge in [-0.3, -0.25) is 4.18 Å². The highest BCUT2D eigenvalue weighted by atomic mass is 32.2. The van der Waals surface area contributed by atoms with Crippen molar-refractivity contribution >= 4 is 12.2 Å². The maximum Gasteiger partial charge on any atom is 0.0987 e. The summed E-state index contributed by atoms with van der Waals surface area (Å²) in [5, 5.41) is 0. The van der Waals surface area contributed by atoms with Gasteiger partial charge in [0.05, 0.1) is 18.3 Å². The zero-order valence-corrected chi connectivity index (χ0v) is 9.09. The highest BCUT2D eigenvalue weighted by Gasteiger charge is 2.18. The van der Waals surface area contributed by atoms with Crippen molar-refractivity contribution in [1.29, 1.82) is 0 Å². The van der Waals surface area contributed by atoms with Crippen LogP contribution in [0.4, 0.5) is 0 Å². The summed E-state index contributed by atoms with van der Waals surface area (Å²) >= 11 is 1.38. The molecule has 76 valence electrons. The maximum absolute atomic E-state index is 5.66. The smallest absolute Gasteiger partial charge is 0.0987 e. The molecule has 1 aliphatic heterocycles. The highest BCUT2D eigenvalue weighted by molar-refractivity contribution is 7.92. The van der Waals surface area contributed by atoms with Crippen LogP contribution in [0.3, 0.4) is 0 Å². The van der Waals surface area contributed by atoms with E-state index in [1.54, 1.807) is 0 Å². The van der Waals surface area contributed by atoms with E-state index in [9.17, 15) is 0 Å². The summed E-state index contributed by atoms with van der Waals surface area (Å²) in [6, 6.07) is 10.9. The Bertz CT molecular complexity index is 278. The normalized spacial score (nSPS) is 28.4. The summed E-state index contributed by atoms with van der Waals surface area (Å²) in [6.45, 7) is 2.18. The van der Waals surface area contributed by atoms with Crippen molar-refractivity contribution < 1.29 is 4.18 Å². The van der Waals surface area contributed by atoms with Crippen molar-refractivity contribution in [3.63, 3.8) is 0 Å². The lowest BCUT2D eigenvalue weighted by molar-refractivity contribution is 0.237. The molecule has 2 rings (SSSR count). The van der Waals surface area contributed by atoms with Crippen molar-refractivity contribution in [2.45, 2.75) is 31.9 Å². The summed E-state index contributed by atoms with van der Waals surface area (Å²) in [5.41, 5.74) is 1.27. The third kappa shape index (κ3) is 2.50. The van der Waals surface area contributed by atoms with Crippen LogP contribution >= 0.6 is 12.2 Å². The van der Waals surface area contributed by atoms with Gasteiger partial charge in [0.25, 0.3) is 0 Å². The molecule has 1 fully saturated rings. The molecule has 0 aliphatic carbocycles. The van der Waals surface area contributed by atoms with Gasteiger partial charge in [0.1, 0.15) is 0 Å². The van der Waals surface area contributed by atoms with E-state index in [1.165, 1.54) is 17.8 Å². The molecule has 0 amide bonds. The molecule has 14 heavy (non-hydrogen) atoms. The molecule has 0 radical (unpaired) electrons. The van der Waals surface area contributed by atoms with Gasteiger partial charge in [0.15, 0.2) is 0 Å². The van der Waals surface area contributed by atoms with E-state index >= 15 is 0 Å². The summed E-state index contributed by atoms with van der Waals surface area (Å²) in [5.74, 6) is 0. The number of hydrogen-bond acceptors (Lipinski definition) is 3. The number of rotatable bonds is 1. The van der Waals surface area contributed by atoms with E-state index in [-0.39, 0.29) is 6.10 Å². The molecular weight excluding hydrogens is 194 g/mol. The molecule has 2 nitrogen and oxygen atoms in total. The number of benzene rings is 1. The molecule has 1 saturated heterocycles. The molecule has 2 unspecified atom stereocenters. The fourth-order valence-electron chi connectivity index (χ4n) is 1.57. The molecule has 1 heterocycles. The van der Waals surface area contributed by atoms with E-state index in [0.717, 1.165) is 12.8 Å². The second kappa shape index (κ2) is 4.82. The second-order valence-corrected chi connectivity index (χ2v) is 4.27. The molecule has 0 bridgehead atoms. The molecule has 2 atom stereocenters. The second-order valence-electron chi connectivity index (χ2n) is 3.68. The topological polar surface area (TPSA) is 21.3 Å². The third-order valence-electron chi connectivity index (χ3n) is 2.45. The Balaban J connectivity index is 2.04. The van der Waals surface area contributed by atoms with Crippen LogP contribution in [0.5, 0.6) is 0 Å². The Morgan fingerprint density at radius 3 is 2.86 bits per heavy atom. The van der Waals surface area contributed by atoms with E-state index < -0.39 is 0 Å². The van der Waals surface area contributed by atoms with Gasteiger partial charge in [0, 0.05) is 6.04 Å². The van der Waals surface area contributed by atoms with Crippen LogP contribution in [0.2, 0.25) is 0 Å².